The Labute approximate surface area is 74.6 Å². The predicted molar refractivity (Wildman–Crippen MR) is 52.0 cm³/mol. The Morgan fingerprint density at radius 3 is 2.50 bits per heavy atom. The first-order chi connectivity index (χ1) is 5.86. The molecule has 1 aliphatic carbocycles. The standard InChI is InChI=1S/C12H16/c1-10-9-12(10)8-7-11-5-3-2-4-6-11/h2-6,10,12H,7-9H2,1H3/t10-,12-/m0/s1. The van der Waals surface area contributed by atoms with Crippen LogP contribution in [-0.4, -0.2) is 0 Å². The number of rotatable bonds is 3. The molecule has 1 aliphatic rings. The molecule has 0 amide bonds. The first-order valence-electron chi connectivity index (χ1n) is 4.90. The molecule has 0 radical (unpaired) electrons. The summed E-state index contributed by atoms with van der Waals surface area (Å²) in [6.07, 6.45) is 4.13. The Morgan fingerprint density at radius 1 is 1.25 bits per heavy atom. The minimum atomic E-state index is 1.01. The summed E-state index contributed by atoms with van der Waals surface area (Å²) in [6.45, 7) is 2.36. The van der Waals surface area contributed by atoms with Crippen LogP contribution in [-0.2, 0) is 6.42 Å². The summed E-state index contributed by atoms with van der Waals surface area (Å²) in [6, 6.07) is 10.8. The van der Waals surface area contributed by atoms with Crippen LogP contribution in [0.5, 0.6) is 0 Å². The van der Waals surface area contributed by atoms with E-state index in [0.29, 0.717) is 0 Å². The molecule has 2 rings (SSSR count). The maximum atomic E-state index is 2.36. The van der Waals surface area contributed by atoms with Crippen molar-refractivity contribution in [3.8, 4) is 0 Å². The minimum Gasteiger partial charge on any atom is -0.0622 e. The van der Waals surface area contributed by atoms with Gasteiger partial charge in [-0.2, -0.15) is 0 Å². The quantitative estimate of drug-likeness (QED) is 0.636. The molecule has 0 saturated heterocycles. The van der Waals surface area contributed by atoms with E-state index < -0.39 is 0 Å². The molecular formula is C12H16. The first kappa shape index (κ1) is 7.85. The molecule has 0 aromatic heterocycles. The van der Waals surface area contributed by atoms with Crippen molar-refractivity contribution in [3.63, 3.8) is 0 Å². The molecule has 0 nitrogen and oxygen atoms in total. The van der Waals surface area contributed by atoms with E-state index in [1.165, 1.54) is 24.8 Å². The normalized spacial score (nSPS) is 27.1. The molecule has 0 aliphatic heterocycles. The van der Waals surface area contributed by atoms with Crippen molar-refractivity contribution < 1.29 is 0 Å². The lowest BCUT2D eigenvalue weighted by Gasteiger charge is -1.98. The van der Waals surface area contributed by atoms with Crippen molar-refractivity contribution in [1.82, 2.24) is 0 Å². The third-order valence-corrected chi connectivity index (χ3v) is 2.92. The summed E-state index contributed by atoms with van der Waals surface area (Å²) >= 11 is 0. The van der Waals surface area contributed by atoms with Gasteiger partial charge in [0.05, 0.1) is 0 Å². The monoisotopic (exact) mass is 160 g/mol. The summed E-state index contributed by atoms with van der Waals surface area (Å²) in [7, 11) is 0. The fourth-order valence-corrected chi connectivity index (χ4v) is 1.80. The summed E-state index contributed by atoms with van der Waals surface area (Å²) in [5.74, 6) is 2.04. The maximum absolute atomic E-state index is 2.36. The van der Waals surface area contributed by atoms with Crippen molar-refractivity contribution in [2.24, 2.45) is 11.8 Å². The molecule has 1 fully saturated rings. The molecule has 12 heavy (non-hydrogen) atoms. The Balaban J connectivity index is 1.80. The van der Waals surface area contributed by atoms with Crippen LogP contribution in [0.3, 0.4) is 0 Å². The SMILES string of the molecule is C[C@H]1C[C@@H]1CCc1ccccc1. The maximum Gasteiger partial charge on any atom is -0.0276 e. The molecule has 2 atom stereocenters. The minimum absolute atomic E-state index is 1.01. The van der Waals surface area contributed by atoms with Crippen LogP contribution >= 0.6 is 0 Å². The summed E-state index contributed by atoms with van der Waals surface area (Å²) in [4.78, 5) is 0. The van der Waals surface area contributed by atoms with Crippen LogP contribution in [0.2, 0.25) is 0 Å². The van der Waals surface area contributed by atoms with Crippen molar-refractivity contribution in [2.75, 3.05) is 0 Å². The van der Waals surface area contributed by atoms with Gasteiger partial charge in [0.15, 0.2) is 0 Å². The van der Waals surface area contributed by atoms with Gasteiger partial charge in [-0.15, -0.1) is 0 Å². The van der Waals surface area contributed by atoms with E-state index in [0.717, 1.165) is 11.8 Å². The van der Waals surface area contributed by atoms with Crippen LogP contribution in [0.15, 0.2) is 30.3 Å². The lowest BCUT2D eigenvalue weighted by Crippen LogP contribution is -1.86. The van der Waals surface area contributed by atoms with Crippen LogP contribution in [0.1, 0.15) is 25.3 Å². The number of aryl methyl sites for hydroxylation is 1. The van der Waals surface area contributed by atoms with Crippen molar-refractivity contribution in [1.29, 1.82) is 0 Å². The van der Waals surface area contributed by atoms with Gasteiger partial charge < -0.3 is 0 Å². The highest BCUT2D eigenvalue weighted by molar-refractivity contribution is 5.14. The fourth-order valence-electron chi connectivity index (χ4n) is 1.80. The zero-order valence-corrected chi connectivity index (χ0v) is 7.66. The summed E-state index contributed by atoms with van der Waals surface area (Å²) < 4.78 is 0. The molecule has 0 spiro atoms. The summed E-state index contributed by atoms with van der Waals surface area (Å²) in [5.41, 5.74) is 1.50. The highest BCUT2D eigenvalue weighted by Crippen LogP contribution is 2.41. The molecular weight excluding hydrogens is 144 g/mol. The van der Waals surface area contributed by atoms with Crippen LogP contribution in [0, 0.1) is 11.8 Å². The molecule has 1 aromatic carbocycles. The van der Waals surface area contributed by atoms with Crippen LogP contribution < -0.4 is 0 Å². The van der Waals surface area contributed by atoms with Gasteiger partial charge in [-0.1, -0.05) is 37.3 Å². The lowest BCUT2D eigenvalue weighted by atomic mass is 10.1. The Morgan fingerprint density at radius 2 is 1.92 bits per heavy atom. The zero-order valence-electron chi connectivity index (χ0n) is 7.66. The molecule has 64 valence electrons. The molecule has 0 unspecified atom stereocenters. The second-order valence-electron chi connectivity index (χ2n) is 4.00. The van der Waals surface area contributed by atoms with Gasteiger partial charge in [0.25, 0.3) is 0 Å². The number of hydrogen-bond acceptors (Lipinski definition) is 0. The molecule has 0 heteroatoms. The Bertz CT molecular complexity index is 237. The highest BCUT2D eigenvalue weighted by Gasteiger charge is 2.31. The second-order valence-corrected chi connectivity index (χ2v) is 4.00. The summed E-state index contributed by atoms with van der Waals surface area (Å²) in [5, 5.41) is 0. The number of hydrogen-bond donors (Lipinski definition) is 0. The van der Waals surface area contributed by atoms with Gasteiger partial charge in [-0.3, -0.25) is 0 Å². The van der Waals surface area contributed by atoms with E-state index in [1.54, 1.807) is 0 Å². The van der Waals surface area contributed by atoms with E-state index in [2.05, 4.69) is 37.3 Å². The average molecular weight is 160 g/mol. The van der Waals surface area contributed by atoms with Gasteiger partial charge in [0.1, 0.15) is 0 Å². The van der Waals surface area contributed by atoms with E-state index in [1.807, 2.05) is 0 Å². The Kier molecular flexibility index (Phi) is 2.16. The van der Waals surface area contributed by atoms with Gasteiger partial charge in [0, 0.05) is 0 Å². The molecule has 0 heterocycles. The third kappa shape index (κ3) is 1.88. The van der Waals surface area contributed by atoms with Gasteiger partial charge >= 0.3 is 0 Å². The molecule has 1 saturated carbocycles. The fraction of sp³-hybridized carbons (Fsp3) is 0.500. The van der Waals surface area contributed by atoms with E-state index in [9.17, 15) is 0 Å². The average Bonchev–Trinajstić information content (AvgIpc) is 2.81. The van der Waals surface area contributed by atoms with E-state index >= 15 is 0 Å². The predicted octanol–water partition coefficient (Wildman–Crippen LogP) is 3.28. The van der Waals surface area contributed by atoms with Crippen molar-refractivity contribution >= 4 is 0 Å². The zero-order chi connectivity index (χ0) is 8.39. The highest BCUT2D eigenvalue weighted by atomic mass is 14.4. The lowest BCUT2D eigenvalue weighted by molar-refractivity contribution is 0.673. The van der Waals surface area contributed by atoms with E-state index in [-0.39, 0.29) is 0 Å². The van der Waals surface area contributed by atoms with Crippen molar-refractivity contribution in [2.45, 2.75) is 26.2 Å². The Hall–Kier alpha value is -0.780. The van der Waals surface area contributed by atoms with Crippen molar-refractivity contribution in [3.05, 3.63) is 35.9 Å². The molecule has 0 bridgehead atoms. The largest absolute Gasteiger partial charge is 0.0622 e. The number of benzene rings is 1. The molecule has 0 N–H and O–H groups in total. The second kappa shape index (κ2) is 3.30. The van der Waals surface area contributed by atoms with Crippen LogP contribution in [0.4, 0.5) is 0 Å². The van der Waals surface area contributed by atoms with E-state index in [4.69, 9.17) is 0 Å². The smallest absolute Gasteiger partial charge is 0.0276 e. The topological polar surface area (TPSA) is 0 Å². The molecule has 1 aromatic rings. The van der Waals surface area contributed by atoms with Gasteiger partial charge in [-0.05, 0) is 36.7 Å². The first-order valence-corrected chi connectivity index (χ1v) is 4.90. The van der Waals surface area contributed by atoms with Gasteiger partial charge in [-0.25, -0.2) is 0 Å². The van der Waals surface area contributed by atoms with Crippen LogP contribution in [0.25, 0.3) is 0 Å². The van der Waals surface area contributed by atoms with Gasteiger partial charge in [0.2, 0.25) is 0 Å². The third-order valence-electron chi connectivity index (χ3n) is 2.92.